The van der Waals surface area contributed by atoms with Crippen molar-refractivity contribution in [3.05, 3.63) is 17.0 Å². The molecule has 1 saturated heterocycles. The van der Waals surface area contributed by atoms with E-state index in [1.807, 2.05) is 0 Å². The molecule has 0 bridgehead atoms. The first-order valence-corrected chi connectivity index (χ1v) is 7.10. The largest absolute Gasteiger partial charge is 0.394 e. The molecular formula is C12H15BrN4O4. The first-order valence-electron chi connectivity index (χ1n) is 6.31. The van der Waals surface area contributed by atoms with Gasteiger partial charge in [0, 0.05) is 10.7 Å². The van der Waals surface area contributed by atoms with E-state index in [4.69, 9.17) is 10.5 Å². The van der Waals surface area contributed by atoms with Crippen molar-refractivity contribution in [2.45, 2.75) is 31.0 Å². The van der Waals surface area contributed by atoms with E-state index < -0.39 is 30.6 Å². The quantitative estimate of drug-likeness (QED) is 0.584. The Labute approximate surface area is 128 Å². The van der Waals surface area contributed by atoms with E-state index in [-0.39, 0.29) is 0 Å². The van der Waals surface area contributed by atoms with Gasteiger partial charge >= 0.3 is 0 Å². The zero-order chi connectivity index (χ0) is 15.4. The van der Waals surface area contributed by atoms with Crippen LogP contribution in [0.1, 0.15) is 13.2 Å². The molecule has 1 aliphatic heterocycles. The lowest BCUT2D eigenvalue weighted by Gasteiger charge is -2.27. The average molecular weight is 359 g/mol. The number of fused-ring (bicyclic) bond motifs is 1. The molecule has 2 aromatic heterocycles. The number of rotatable bonds is 2. The number of anilines is 1. The molecule has 114 valence electrons. The lowest BCUT2D eigenvalue weighted by atomic mass is 9.96. The van der Waals surface area contributed by atoms with Crippen molar-refractivity contribution in [2.75, 3.05) is 12.3 Å². The highest BCUT2D eigenvalue weighted by Gasteiger charge is 2.53. The second-order valence-corrected chi connectivity index (χ2v) is 6.08. The molecule has 5 N–H and O–H groups in total. The standard InChI is InChI=1S/C12H15BrN4O4/c1-12(20)8(19)6(3-18)21-11(12)17-2-5(13)7-9(14)15-4-16-10(7)17/h2,4,6,8,11,18-20H,3H2,1H3,(H2,14,15,16). The molecule has 4 unspecified atom stereocenters. The van der Waals surface area contributed by atoms with Gasteiger partial charge < -0.3 is 30.4 Å². The number of nitrogens with zero attached hydrogens (tertiary/aromatic N) is 3. The second kappa shape index (κ2) is 4.89. The van der Waals surface area contributed by atoms with Crippen molar-refractivity contribution in [3.8, 4) is 0 Å². The number of hydrogen-bond acceptors (Lipinski definition) is 7. The van der Waals surface area contributed by atoms with Gasteiger partial charge in [0.25, 0.3) is 0 Å². The number of aliphatic hydroxyl groups is 3. The minimum atomic E-state index is -1.58. The highest BCUT2D eigenvalue weighted by Crippen LogP contribution is 2.41. The molecule has 0 aliphatic carbocycles. The predicted octanol–water partition coefficient (Wildman–Crippen LogP) is -0.222. The molecule has 0 radical (unpaired) electrons. The van der Waals surface area contributed by atoms with E-state index in [1.165, 1.54) is 13.3 Å². The van der Waals surface area contributed by atoms with Gasteiger partial charge in [-0.25, -0.2) is 9.97 Å². The van der Waals surface area contributed by atoms with E-state index in [9.17, 15) is 15.3 Å². The van der Waals surface area contributed by atoms with Crippen molar-refractivity contribution in [3.63, 3.8) is 0 Å². The molecule has 1 fully saturated rings. The highest BCUT2D eigenvalue weighted by molar-refractivity contribution is 9.10. The summed E-state index contributed by atoms with van der Waals surface area (Å²) in [4.78, 5) is 8.08. The van der Waals surface area contributed by atoms with Gasteiger partial charge in [0.1, 0.15) is 35.6 Å². The predicted molar refractivity (Wildman–Crippen MR) is 77.3 cm³/mol. The van der Waals surface area contributed by atoms with Gasteiger partial charge in [-0.2, -0.15) is 0 Å². The van der Waals surface area contributed by atoms with Crippen molar-refractivity contribution in [1.29, 1.82) is 0 Å². The van der Waals surface area contributed by atoms with E-state index in [0.29, 0.717) is 21.3 Å². The summed E-state index contributed by atoms with van der Waals surface area (Å²) in [5.41, 5.74) is 4.71. The second-order valence-electron chi connectivity index (χ2n) is 5.22. The molecule has 0 aromatic carbocycles. The Morgan fingerprint density at radius 2 is 2.24 bits per heavy atom. The van der Waals surface area contributed by atoms with Gasteiger partial charge in [0.15, 0.2) is 6.23 Å². The molecule has 3 heterocycles. The maximum absolute atomic E-state index is 10.5. The molecule has 21 heavy (non-hydrogen) atoms. The fraction of sp³-hybridized carbons (Fsp3) is 0.500. The summed E-state index contributed by atoms with van der Waals surface area (Å²) >= 11 is 3.37. The highest BCUT2D eigenvalue weighted by atomic mass is 79.9. The minimum Gasteiger partial charge on any atom is -0.394 e. The molecule has 8 nitrogen and oxygen atoms in total. The van der Waals surface area contributed by atoms with E-state index in [1.54, 1.807) is 10.8 Å². The number of hydrogen-bond donors (Lipinski definition) is 4. The van der Waals surface area contributed by atoms with Gasteiger partial charge in [-0.3, -0.25) is 0 Å². The number of ether oxygens (including phenoxy) is 1. The molecule has 2 aromatic rings. The van der Waals surface area contributed by atoms with E-state index in [0.717, 1.165) is 0 Å². The number of nitrogen functional groups attached to an aromatic ring is 1. The molecular weight excluding hydrogens is 344 g/mol. The van der Waals surface area contributed by atoms with Crippen LogP contribution < -0.4 is 5.73 Å². The first-order chi connectivity index (χ1) is 9.87. The Balaban J connectivity index is 2.15. The summed E-state index contributed by atoms with van der Waals surface area (Å²) in [5.74, 6) is 0.294. The zero-order valence-corrected chi connectivity index (χ0v) is 12.7. The van der Waals surface area contributed by atoms with Crippen molar-refractivity contribution in [2.24, 2.45) is 0 Å². The van der Waals surface area contributed by atoms with Gasteiger partial charge in [-0.05, 0) is 22.9 Å². The lowest BCUT2D eigenvalue weighted by molar-refractivity contribution is -0.0948. The van der Waals surface area contributed by atoms with Gasteiger partial charge in [-0.15, -0.1) is 0 Å². The number of aliphatic hydroxyl groups excluding tert-OH is 2. The Morgan fingerprint density at radius 3 is 2.86 bits per heavy atom. The van der Waals surface area contributed by atoms with Crippen LogP contribution in [0.3, 0.4) is 0 Å². The SMILES string of the molecule is CC1(O)C(O)C(CO)OC1n1cc(Br)c2c(N)ncnc21. The van der Waals surface area contributed by atoms with Crippen molar-refractivity contribution in [1.82, 2.24) is 14.5 Å². The summed E-state index contributed by atoms with van der Waals surface area (Å²) in [6.07, 6.45) is -0.0398. The van der Waals surface area contributed by atoms with Crippen LogP contribution in [0, 0.1) is 0 Å². The van der Waals surface area contributed by atoms with Gasteiger partial charge in [0.05, 0.1) is 12.0 Å². The third kappa shape index (κ3) is 2.04. The third-order valence-corrected chi connectivity index (χ3v) is 4.38. The van der Waals surface area contributed by atoms with E-state index >= 15 is 0 Å². The van der Waals surface area contributed by atoms with Crippen molar-refractivity contribution >= 4 is 32.8 Å². The van der Waals surface area contributed by atoms with Crippen LogP contribution >= 0.6 is 15.9 Å². The van der Waals surface area contributed by atoms with Crippen LogP contribution in [0.15, 0.2) is 17.0 Å². The Morgan fingerprint density at radius 1 is 1.52 bits per heavy atom. The Bertz CT molecular complexity index is 689. The average Bonchev–Trinajstić information content (AvgIpc) is 2.87. The molecule has 0 spiro atoms. The van der Waals surface area contributed by atoms with Gasteiger partial charge in [0.2, 0.25) is 0 Å². The Kier molecular flexibility index (Phi) is 3.41. The molecule has 0 amide bonds. The smallest absolute Gasteiger partial charge is 0.167 e. The monoisotopic (exact) mass is 358 g/mol. The maximum atomic E-state index is 10.5. The molecule has 0 saturated carbocycles. The summed E-state index contributed by atoms with van der Waals surface area (Å²) in [6, 6.07) is 0. The topological polar surface area (TPSA) is 127 Å². The fourth-order valence-corrected chi connectivity index (χ4v) is 3.23. The van der Waals surface area contributed by atoms with Crippen LogP contribution in [-0.2, 0) is 4.74 Å². The third-order valence-electron chi connectivity index (χ3n) is 3.78. The van der Waals surface area contributed by atoms with Crippen LogP contribution in [0.4, 0.5) is 5.82 Å². The van der Waals surface area contributed by atoms with Crippen LogP contribution in [0.25, 0.3) is 11.0 Å². The minimum absolute atomic E-state index is 0.294. The summed E-state index contributed by atoms with van der Waals surface area (Å²) in [7, 11) is 0. The van der Waals surface area contributed by atoms with Gasteiger partial charge in [-0.1, -0.05) is 0 Å². The molecule has 9 heteroatoms. The van der Waals surface area contributed by atoms with Crippen LogP contribution in [0.5, 0.6) is 0 Å². The lowest BCUT2D eigenvalue weighted by Crippen LogP contribution is -2.44. The first kappa shape index (κ1) is 14.7. The zero-order valence-electron chi connectivity index (χ0n) is 11.1. The number of aromatic nitrogens is 3. The molecule has 3 rings (SSSR count). The maximum Gasteiger partial charge on any atom is 0.167 e. The number of halogens is 1. The van der Waals surface area contributed by atoms with E-state index in [2.05, 4.69) is 25.9 Å². The summed E-state index contributed by atoms with van der Waals surface area (Å²) in [6.45, 7) is 1.05. The van der Waals surface area contributed by atoms with Crippen molar-refractivity contribution < 1.29 is 20.1 Å². The number of nitrogens with two attached hydrogens (primary N) is 1. The van der Waals surface area contributed by atoms with Crippen LogP contribution in [0.2, 0.25) is 0 Å². The molecule has 1 aliphatic rings. The normalized spacial score (nSPS) is 32.9. The summed E-state index contributed by atoms with van der Waals surface area (Å²) < 4.78 is 7.79. The molecule has 4 atom stereocenters. The Hall–Kier alpha value is -1.26. The van der Waals surface area contributed by atoms with Crippen LogP contribution in [-0.4, -0.2) is 54.3 Å². The fourth-order valence-electron chi connectivity index (χ4n) is 2.63. The summed E-state index contributed by atoms with van der Waals surface area (Å²) in [5, 5.41) is 30.4.